The van der Waals surface area contributed by atoms with E-state index in [1.807, 2.05) is 37.3 Å². The van der Waals surface area contributed by atoms with E-state index in [4.69, 9.17) is 9.26 Å². The Morgan fingerprint density at radius 2 is 2.04 bits per heavy atom. The molecular weight excluding hydrogens is 346 g/mol. The van der Waals surface area contributed by atoms with E-state index in [-0.39, 0.29) is 11.8 Å². The smallest absolute Gasteiger partial charge is 0.282 e. The van der Waals surface area contributed by atoms with Crippen LogP contribution in [0.15, 0.2) is 41.1 Å². The summed E-state index contributed by atoms with van der Waals surface area (Å²) < 4.78 is 13.0. The summed E-state index contributed by atoms with van der Waals surface area (Å²) in [5.41, 5.74) is 0.591. The third-order valence-corrected chi connectivity index (χ3v) is 3.84. The zero-order valence-corrected chi connectivity index (χ0v) is 15.9. The molecule has 0 spiro atoms. The second kappa shape index (κ2) is 7.61. The molecule has 1 N–H and O–H groups in total. The van der Waals surface area contributed by atoms with Crippen molar-refractivity contribution in [3.05, 3.63) is 42.4 Å². The molecule has 0 fully saturated rings. The van der Waals surface area contributed by atoms with Gasteiger partial charge in [0.1, 0.15) is 0 Å². The maximum Gasteiger partial charge on any atom is 0.282 e. The molecule has 8 heteroatoms. The van der Waals surface area contributed by atoms with E-state index < -0.39 is 5.54 Å². The standard InChI is InChI=1S/C19H23N5O3/c1-5-11-26-15-12-24(14-9-7-6-8-10-14)22-16(15)17-20-18(23-27-17)19(3,4)21-13(2)25/h6-10,12H,5,11H2,1-4H3,(H,21,25). The van der Waals surface area contributed by atoms with Crippen molar-refractivity contribution < 1.29 is 14.1 Å². The van der Waals surface area contributed by atoms with E-state index in [1.165, 1.54) is 6.92 Å². The quantitative estimate of drug-likeness (QED) is 0.688. The van der Waals surface area contributed by atoms with Crippen LogP contribution in [0.1, 0.15) is 39.9 Å². The predicted octanol–water partition coefficient (Wildman–Crippen LogP) is 3.08. The highest BCUT2D eigenvalue weighted by molar-refractivity contribution is 5.73. The molecule has 1 aromatic carbocycles. The van der Waals surface area contributed by atoms with Crippen LogP contribution >= 0.6 is 0 Å². The lowest BCUT2D eigenvalue weighted by Gasteiger charge is -2.20. The molecule has 3 rings (SSSR count). The molecule has 0 saturated heterocycles. The highest BCUT2D eigenvalue weighted by atomic mass is 16.5. The Kier molecular flexibility index (Phi) is 5.25. The molecule has 3 aromatic rings. The lowest BCUT2D eigenvalue weighted by molar-refractivity contribution is -0.120. The summed E-state index contributed by atoms with van der Waals surface area (Å²) in [5, 5.41) is 11.4. The number of carbonyl (C=O) groups excluding carboxylic acids is 1. The number of aromatic nitrogens is 4. The Morgan fingerprint density at radius 1 is 1.30 bits per heavy atom. The fraction of sp³-hybridized carbons (Fsp3) is 0.368. The highest BCUT2D eigenvalue weighted by Gasteiger charge is 2.29. The third-order valence-electron chi connectivity index (χ3n) is 3.84. The minimum absolute atomic E-state index is 0.174. The van der Waals surface area contributed by atoms with Crippen molar-refractivity contribution in [2.75, 3.05) is 6.61 Å². The van der Waals surface area contributed by atoms with Crippen molar-refractivity contribution in [3.63, 3.8) is 0 Å². The van der Waals surface area contributed by atoms with Crippen LogP contribution in [0.5, 0.6) is 5.75 Å². The molecule has 0 saturated carbocycles. The number of ether oxygens (including phenoxy) is 1. The Morgan fingerprint density at radius 3 is 2.70 bits per heavy atom. The molecule has 0 bridgehead atoms. The van der Waals surface area contributed by atoms with Gasteiger partial charge in [0.15, 0.2) is 17.3 Å². The first-order valence-corrected chi connectivity index (χ1v) is 8.82. The zero-order chi connectivity index (χ0) is 19.4. The van der Waals surface area contributed by atoms with Crippen LogP contribution in [0.2, 0.25) is 0 Å². The summed E-state index contributed by atoms with van der Waals surface area (Å²) in [7, 11) is 0. The van der Waals surface area contributed by atoms with Crippen molar-refractivity contribution >= 4 is 5.91 Å². The minimum Gasteiger partial charge on any atom is -0.489 e. The van der Waals surface area contributed by atoms with Gasteiger partial charge in [-0.15, -0.1) is 0 Å². The van der Waals surface area contributed by atoms with Crippen LogP contribution in [-0.2, 0) is 10.3 Å². The van der Waals surface area contributed by atoms with E-state index >= 15 is 0 Å². The van der Waals surface area contributed by atoms with Crippen molar-refractivity contribution in [1.29, 1.82) is 0 Å². The van der Waals surface area contributed by atoms with Crippen molar-refractivity contribution in [3.8, 4) is 23.0 Å². The average molecular weight is 369 g/mol. The van der Waals surface area contributed by atoms with Crippen LogP contribution in [0.4, 0.5) is 0 Å². The molecule has 0 aliphatic carbocycles. The van der Waals surface area contributed by atoms with Gasteiger partial charge in [0.25, 0.3) is 5.89 Å². The average Bonchev–Trinajstić information content (AvgIpc) is 3.27. The summed E-state index contributed by atoms with van der Waals surface area (Å²) in [6, 6.07) is 9.70. The number of nitrogens with zero attached hydrogens (tertiary/aromatic N) is 4. The molecule has 0 unspecified atom stereocenters. The van der Waals surface area contributed by atoms with Gasteiger partial charge in [0.05, 0.1) is 24.0 Å². The monoisotopic (exact) mass is 369 g/mol. The van der Waals surface area contributed by atoms with Gasteiger partial charge in [0, 0.05) is 6.92 Å². The molecule has 2 aromatic heterocycles. The van der Waals surface area contributed by atoms with E-state index in [0.717, 1.165) is 12.1 Å². The van der Waals surface area contributed by atoms with Gasteiger partial charge in [-0.1, -0.05) is 30.3 Å². The molecule has 0 aliphatic heterocycles. The second-order valence-corrected chi connectivity index (χ2v) is 6.70. The first-order chi connectivity index (χ1) is 12.9. The number of benzene rings is 1. The Labute approximate surface area is 157 Å². The first kappa shape index (κ1) is 18.6. The number of nitrogens with one attached hydrogen (secondary N) is 1. The van der Waals surface area contributed by atoms with Crippen LogP contribution in [0.25, 0.3) is 17.3 Å². The zero-order valence-electron chi connectivity index (χ0n) is 15.9. The van der Waals surface area contributed by atoms with Gasteiger partial charge < -0.3 is 14.6 Å². The second-order valence-electron chi connectivity index (χ2n) is 6.70. The van der Waals surface area contributed by atoms with Gasteiger partial charge in [-0.3, -0.25) is 4.79 Å². The number of rotatable bonds is 7. The third kappa shape index (κ3) is 4.16. The fourth-order valence-electron chi connectivity index (χ4n) is 2.61. The summed E-state index contributed by atoms with van der Waals surface area (Å²) in [6.45, 7) is 7.63. The lowest BCUT2D eigenvalue weighted by Crippen LogP contribution is -2.40. The van der Waals surface area contributed by atoms with Crippen LogP contribution < -0.4 is 10.1 Å². The van der Waals surface area contributed by atoms with Gasteiger partial charge >= 0.3 is 0 Å². The normalized spacial score (nSPS) is 11.4. The maximum absolute atomic E-state index is 11.4. The summed E-state index contributed by atoms with van der Waals surface area (Å²) >= 11 is 0. The van der Waals surface area contributed by atoms with Gasteiger partial charge in [0.2, 0.25) is 5.91 Å². The Bertz CT molecular complexity index is 915. The number of para-hydroxylation sites is 1. The van der Waals surface area contributed by atoms with Crippen LogP contribution in [0, 0.1) is 0 Å². The van der Waals surface area contributed by atoms with Crippen molar-refractivity contribution in [2.24, 2.45) is 0 Å². The van der Waals surface area contributed by atoms with E-state index in [1.54, 1.807) is 24.7 Å². The van der Waals surface area contributed by atoms with Crippen molar-refractivity contribution in [1.82, 2.24) is 25.2 Å². The number of hydrogen-bond acceptors (Lipinski definition) is 6. The molecule has 142 valence electrons. The van der Waals surface area contributed by atoms with E-state index in [0.29, 0.717) is 23.9 Å². The van der Waals surface area contributed by atoms with Gasteiger partial charge in [-0.2, -0.15) is 10.1 Å². The highest BCUT2D eigenvalue weighted by Crippen LogP contribution is 2.30. The predicted molar refractivity (Wildman–Crippen MR) is 99.5 cm³/mol. The Balaban J connectivity index is 1.98. The molecule has 0 aliphatic rings. The first-order valence-electron chi connectivity index (χ1n) is 8.82. The molecular formula is C19H23N5O3. The topological polar surface area (TPSA) is 95.1 Å². The largest absolute Gasteiger partial charge is 0.489 e. The number of amides is 1. The number of carbonyl (C=O) groups is 1. The molecule has 0 atom stereocenters. The fourth-order valence-corrected chi connectivity index (χ4v) is 2.61. The SMILES string of the molecule is CCCOc1cn(-c2ccccc2)nc1-c1nc(C(C)(C)NC(C)=O)no1. The van der Waals surface area contributed by atoms with Crippen molar-refractivity contribution in [2.45, 2.75) is 39.7 Å². The summed E-state index contributed by atoms with van der Waals surface area (Å²) in [4.78, 5) is 15.8. The van der Waals surface area contributed by atoms with E-state index in [2.05, 4.69) is 20.6 Å². The maximum atomic E-state index is 11.4. The lowest BCUT2D eigenvalue weighted by atomic mass is 10.1. The molecule has 2 heterocycles. The number of hydrogen-bond donors (Lipinski definition) is 1. The van der Waals surface area contributed by atoms with Crippen LogP contribution in [0.3, 0.4) is 0 Å². The summed E-state index contributed by atoms with van der Waals surface area (Å²) in [6.07, 6.45) is 2.66. The van der Waals surface area contributed by atoms with Crippen LogP contribution in [-0.4, -0.2) is 32.4 Å². The minimum atomic E-state index is -0.764. The van der Waals surface area contributed by atoms with E-state index in [9.17, 15) is 4.79 Å². The Hall–Kier alpha value is -3.16. The van der Waals surface area contributed by atoms with Gasteiger partial charge in [-0.05, 0) is 32.4 Å². The molecule has 8 nitrogen and oxygen atoms in total. The molecule has 1 amide bonds. The van der Waals surface area contributed by atoms with Gasteiger partial charge in [-0.25, -0.2) is 4.68 Å². The molecule has 27 heavy (non-hydrogen) atoms. The molecule has 0 radical (unpaired) electrons. The summed E-state index contributed by atoms with van der Waals surface area (Å²) in [5.74, 6) is 0.993.